The van der Waals surface area contributed by atoms with E-state index in [1.54, 1.807) is 9.95 Å². The Morgan fingerprint density at radius 2 is 2.23 bits per heavy atom. The second kappa shape index (κ2) is 7.05. The van der Waals surface area contributed by atoms with E-state index in [0.29, 0.717) is 11.7 Å². The topological polar surface area (TPSA) is 73.2 Å². The van der Waals surface area contributed by atoms with Crippen molar-refractivity contribution >= 4 is 33.7 Å². The van der Waals surface area contributed by atoms with Crippen LogP contribution >= 0.6 is 22.7 Å². The molecule has 6 nitrogen and oxygen atoms in total. The van der Waals surface area contributed by atoms with Crippen molar-refractivity contribution in [1.82, 2.24) is 9.55 Å². The lowest BCUT2D eigenvalue weighted by Gasteiger charge is -2.04. The van der Waals surface area contributed by atoms with Gasteiger partial charge in [-0.2, -0.15) is 0 Å². The molecular weight excluding hydrogens is 370 g/mol. The lowest BCUT2D eigenvalue weighted by atomic mass is 10.1. The number of carbonyl (C=O) groups excluding carboxylic acids is 1. The van der Waals surface area contributed by atoms with Gasteiger partial charge in [-0.3, -0.25) is 9.59 Å². The maximum absolute atomic E-state index is 12.2. The molecule has 4 rings (SSSR count). The van der Waals surface area contributed by atoms with Gasteiger partial charge in [-0.05, 0) is 30.7 Å². The van der Waals surface area contributed by atoms with Crippen LogP contribution in [0.15, 0.2) is 33.8 Å². The van der Waals surface area contributed by atoms with Crippen molar-refractivity contribution in [3.63, 3.8) is 0 Å². The minimum atomic E-state index is -0.147. The van der Waals surface area contributed by atoms with Gasteiger partial charge in [0, 0.05) is 41.4 Å². The van der Waals surface area contributed by atoms with Crippen LogP contribution in [0.25, 0.3) is 11.3 Å². The summed E-state index contributed by atoms with van der Waals surface area (Å²) >= 11 is 2.55. The summed E-state index contributed by atoms with van der Waals surface area (Å²) in [5.74, 6) is 0.794. The molecule has 0 saturated carbocycles. The van der Waals surface area contributed by atoms with Crippen LogP contribution in [0.4, 0.5) is 5.13 Å². The highest BCUT2D eigenvalue weighted by Gasteiger charge is 2.14. The van der Waals surface area contributed by atoms with Crippen LogP contribution in [0, 0.1) is 6.92 Å². The third-order valence-electron chi connectivity index (χ3n) is 4.27. The molecule has 8 heteroatoms. The van der Waals surface area contributed by atoms with Gasteiger partial charge in [-0.1, -0.05) is 11.3 Å². The monoisotopic (exact) mass is 387 g/mol. The van der Waals surface area contributed by atoms with Crippen molar-refractivity contribution in [2.24, 2.45) is 0 Å². The number of thiazole rings is 2. The molecular formula is C18H17N3O3S2. The molecule has 0 unspecified atom stereocenters. The first-order valence-corrected chi connectivity index (χ1v) is 10.0. The molecule has 1 N–H and O–H groups in total. The molecule has 3 aromatic rings. The van der Waals surface area contributed by atoms with E-state index in [1.165, 1.54) is 16.9 Å². The van der Waals surface area contributed by atoms with Gasteiger partial charge < -0.3 is 14.6 Å². The second-order valence-corrected chi connectivity index (χ2v) is 7.73. The molecule has 2 aromatic heterocycles. The minimum Gasteiger partial charge on any atom is -0.493 e. The van der Waals surface area contributed by atoms with Crippen LogP contribution in [0.3, 0.4) is 0 Å². The average molecular weight is 387 g/mol. The molecule has 1 aromatic carbocycles. The molecule has 134 valence electrons. The lowest BCUT2D eigenvalue weighted by Crippen LogP contribution is -2.20. The summed E-state index contributed by atoms with van der Waals surface area (Å²) < 4.78 is 7.14. The van der Waals surface area contributed by atoms with Gasteiger partial charge in [0.25, 0.3) is 0 Å². The van der Waals surface area contributed by atoms with E-state index in [1.807, 2.05) is 24.4 Å². The Morgan fingerprint density at radius 3 is 3.04 bits per heavy atom. The Morgan fingerprint density at radius 1 is 1.35 bits per heavy atom. The lowest BCUT2D eigenvalue weighted by molar-refractivity contribution is -0.116. The Balaban J connectivity index is 1.40. The zero-order chi connectivity index (χ0) is 18.1. The predicted octanol–water partition coefficient (Wildman–Crippen LogP) is 3.31. The largest absolute Gasteiger partial charge is 0.493 e. The Hall–Kier alpha value is -2.45. The van der Waals surface area contributed by atoms with Gasteiger partial charge in [0.1, 0.15) is 5.75 Å². The summed E-state index contributed by atoms with van der Waals surface area (Å²) in [6.07, 6.45) is 1.15. The molecule has 1 aliphatic rings. The standard InChI is InChI=1S/C18H17N3O3S2/c1-11-9-26-18(23)21(11)6-4-16(22)20-17-19-14(10-25-17)12-2-3-15-13(8-12)5-7-24-15/h2-3,8-10H,4-7H2,1H3,(H,19,20,22). The number of rotatable bonds is 5. The SMILES string of the molecule is Cc1csc(=O)n1CCC(=O)Nc1nc(-c2ccc3c(c2)CCO3)cs1. The molecule has 3 heterocycles. The fourth-order valence-electron chi connectivity index (χ4n) is 2.88. The van der Waals surface area contributed by atoms with Crippen LogP contribution in [0.1, 0.15) is 17.7 Å². The van der Waals surface area contributed by atoms with Crippen LogP contribution in [0.5, 0.6) is 5.75 Å². The quantitative estimate of drug-likeness (QED) is 0.729. The predicted molar refractivity (Wildman–Crippen MR) is 103 cm³/mol. The molecule has 0 atom stereocenters. The molecule has 0 saturated heterocycles. The smallest absolute Gasteiger partial charge is 0.307 e. The summed E-state index contributed by atoms with van der Waals surface area (Å²) in [5, 5.41) is 7.12. The van der Waals surface area contributed by atoms with Crippen molar-refractivity contribution < 1.29 is 9.53 Å². The molecule has 1 amide bonds. The number of hydrogen-bond donors (Lipinski definition) is 1. The van der Waals surface area contributed by atoms with Gasteiger partial charge in [0.2, 0.25) is 5.91 Å². The van der Waals surface area contributed by atoms with Crippen LogP contribution in [-0.2, 0) is 17.8 Å². The van der Waals surface area contributed by atoms with Gasteiger partial charge in [0.05, 0.1) is 12.3 Å². The average Bonchev–Trinajstić information content (AvgIpc) is 3.34. The van der Waals surface area contributed by atoms with Gasteiger partial charge >= 0.3 is 4.87 Å². The molecule has 0 radical (unpaired) electrons. The first kappa shape index (κ1) is 17.0. The highest BCUT2D eigenvalue weighted by atomic mass is 32.1. The van der Waals surface area contributed by atoms with E-state index >= 15 is 0 Å². The van der Waals surface area contributed by atoms with E-state index in [-0.39, 0.29) is 17.2 Å². The third-order valence-corrected chi connectivity index (χ3v) is 5.91. The van der Waals surface area contributed by atoms with Crippen LogP contribution < -0.4 is 14.9 Å². The fourth-order valence-corrected chi connectivity index (χ4v) is 4.38. The molecule has 0 bridgehead atoms. The van der Waals surface area contributed by atoms with Crippen molar-refractivity contribution in [1.29, 1.82) is 0 Å². The second-order valence-electron chi connectivity index (χ2n) is 6.05. The fraction of sp³-hybridized carbons (Fsp3) is 0.278. The molecule has 26 heavy (non-hydrogen) atoms. The van der Waals surface area contributed by atoms with Crippen LogP contribution in [0.2, 0.25) is 0 Å². The highest BCUT2D eigenvalue weighted by Crippen LogP contribution is 2.31. The first-order chi connectivity index (χ1) is 12.6. The van der Waals surface area contributed by atoms with E-state index < -0.39 is 0 Å². The number of ether oxygens (including phenoxy) is 1. The van der Waals surface area contributed by atoms with Crippen LogP contribution in [-0.4, -0.2) is 22.1 Å². The first-order valence-electron chi connectivity index (χ1n) is 8.26. The number of carbonyl (C=O) groups is 1. The van der Waals surface area contributed by atoms with Crippen molar-refractivity contribution in [3.8, 4) is 17.0 Å². The number of fused-ring (bicyclic) bond motifs is 1. The maximum atomic E-state index is 12.2. The highest BCUT2D eigenvalue weighted by molar-refractivity contribution is 7.14. The Bertz CT molecular complexity index is 1020. The zero-order valence-corrected chi connectivity index (χ0v) is 15.8. The Kier molecular flexibility index (Phi) is 4.60. The summed E-state index contributed by atoms with van der Waals surface area (Å²) in [6.45, 7) is 2.97. The van der Waals surface area contributed by atoms with Gasteiger partial charge in [0.15, 0.2) is 5.13 Å². The minimum absolute atomic E-state index is 0.0348. The number of anilines is 1. The number of nitrogens with one attached hydrogen (secondary N) is 1. The van der Waals surface area contributed by atoms with Crippen molar-refractivity contribution in [2.45, 2.75) is 26.3 Å². The third kappa shape index (κ3) is 3.42. The Labute approximate surface area is 158 Å². The van der Waals surface area contributed by atoms with E-state index in [9.17, 15) is 9.59 Å². The number of amides is 1. The summed E-state index contributed by atoms with van der Waals surface area (Å²) in [7, 11) is 0. The summed E-state index contributed by atoms with van der Waals surface area (Å²) in [5.41, 5.74) is 3.93. The molecule has 1 aliphatic heterocycles. The molecule has 0 fully saturated rings. The maximum Gasteiger partial charge on any atom is 0.307 e. The number of nitrogens with zero attached hydrogens (tertiary/aromatic N) is 2. The van der Waals surface area contributed by atoms with E-state index in [0.717, 1.165) is 47.1 Å². The zero-order valence-electron chi connectivity index (χ0n) is 14.2. The normalized spacial score (nSPS) is 12.7. The number of hydrogen-bond acceptors (Lipinski definition) is 6. The number of aryl methyl sites for hydroxylation is 1. The van der Waals surface area contributed by atoms with E-state index in [4.69, 9.17) is 4.74 Å². The summed E-state index contributed by atoms with van der Waals surface area (Å²) in [4.78, 5) is 28.3. The van der Waals surface area contributed by atoms with Crippen molar-refractivity contribution in [2.75, 3.05) is 11.9 Å². The molecule has 0 spiro atoms. The summed E-state index contributed by atoms with van der Waals surface area (Å²) in [6, 6.07) is 6.04. The number of aromatic nitrogens is 2. The molecule has 0 aliphatic carbocycles. The van der Waals surface area contributed by atoms with Gasteiger partial charge in [-0.15, -0.1) is 11.3 Å². The number of benzene rings is 1. The van der Waals surface area contributed by atoms with Crippen molar-refractivity contribution in [3.05, 3.63) is 49.9 Å². The van der Waals surface area contributed by atoms with Gasteiger partial charge in [-0.25, -0.2) is 4.98 Å². The van der Waals surface area contributed by atoms with E-state index in [2.05, 4.69) is 16.4 Å².